The third-order valence-corrected chi connectivity index (χ3v) is 4.17. The quantitative estimate of drug-likeness (QED) is 0.612. The van der Waals surface area contributed by atoms with E-state index < -0.39 is 5.54 Å². The molecule has 114 valence electrons. The topological polar surface area (TPSA) is 61.4 Å². The third kappa shape index (κ3) is 3.32. The Morgan fingerprint density at radius 2 is 1.85 bits per heavy atom. The molecular weight excluding hydrogens is 254 g/mol. The van der Waals surface area contributed by atoms with Crippen LogP contribution in [0.15, 0.2) is 0 Å². The zero-order valence-electron chi connectivity index (χ0n) is 12.9. The van der Waals surface area contributed by atoms with E-state index in [0.29, 0.717) is 6.54 Å². The van der Waals surface area contributed by atoms with Crippen molar-refractivity contribution < 1.29 is 9.59 Å². The maximum atomic E-state index is 12.5. The standard InChI is InChI=1S/C15H27N3O2/c1-14(2,3)16-10-7-11-18-12(19)15(17-13(18)20)8-5-4-6-9-15/h16H,4-11H2,1-3H3,(H,17,20). The van der Waals surface area contributed by atoms with Crippen LogP contribution in [0, 0.1) is 0 Å². The fourth-order valence-corrected chi connectivity index (χ4v) is 3.07. The molecule has 1 aliphatic carbocycles. The van der Waals surface area contributed by atoms with E-state index >= 15 is 0 Å². The number of hydrogen-bond donors (Lipinski definition) is 2. The fraction of sp³-hybridized carbons (Fsp3) is 0.867. The van der Waals surface area contributed by atoms with Crippen molar-refractivity contribution in [2.75, 3.05) is 13.1 Å². The molecule has 0 aromatic carbocycles. The largest absolute Gasteiger partial charge is 0.325 e. The molecule has 5 nitrogen and oxygen atoms in total. The van der Waals surface area contributed by atoms with Gasteiger partial charge in [0.1, 0.15) is 5.54 Å². The lowest BCUT2D eigenvalue weighted by atomic mass is 9.82. The molecular formula is C15H27N3O2. The zero-order valence-corrected chi connectivity index (χ0v) is 12.9. The Hall–Kier alpha value is -1.10. The van der Waals surface area contributed by atoms with Crippen LogP contribution in [-0.2, 0) is 4.79 Å². The average Bonchev–Trinajstić information content (AvgIpc) is 2.58. The molecule has 2 rings (SSSR count). The van der Waals surface area contributed by atoms with E-state index in [1.807, 2.05) is 0 Å². The molecule has 1 saturated carbocycles. The first kappa shape index (κ1) is 15.3. The van der Waals surface area contributed by atoms with Gasteiger partial charge in [-0.2, -0.15) is 0 Å². The molecule has 5 heteroatoms. The van der Waals surface area contributed by atoms with Crippen LogP contribution in [0.25, 0.3) is 0 Å². The average molecular weight is 281 g/mol. The Labute approximate surface area is 121 Å². The molecule has 0 bridgehead atoms. The lowest BCUT2D eigenvalue weighted by Gasteiger charge is -2.30. The summed E-state index contributed by atoms with van der Waals surface area (Å²) < 4.78 is 0. The molecule has 1 saturated heterocycles. The van der Waals surface area contributed by atoms with Crippen molar-refractivity contribution in [1.82, 2.24) is 15.5 Å². The van der Waals surface area contributed by atoms with Crippen molar-refractivity contribution in [3.63, 3.8) is 0 Å². The van der Waals surface area contributed by atoms with Gasteiger partial charge < -0.3 is 10.6 Å². The summed E-state index contributed by atoms with van der Waals surface area (Å²) in [6.45, 7) is 7.65. The number of hydrogen-bond acceptors (Lipinski definition) is 3. The normalized spacial score (nSPS) is 22.4. The molecule has 0 atom stereocenters. The lowest BCUT2D eigenvalue weighted by molar-refractivity contribution is -0.132. The van der Waals surface area contributed by atoms with Crippen LogP contribution in [-0.4, -0.2) is 41.0 Å². The number of nitrogens with one attached hydrogen (secondary N) is 2. The molecule has 20 heavy (non-hydrogen) atoms. The van der Waals surface area contributed by atoms with E-state index in [9.17, 15) is 9.59 Å². The Morgan fingerprint density at radius 1 is 1.20 bits per heavy atom. The first-order valence-electron chi connectivity index (χ1n) is 7.73. The van der Waals surface area contributed by atoms with Crippen LogP contribution in [0.2, 0.25) is 0 Å². The van der Waals surface area contributed by atoms with E-state index in [2.05, 4.69) is 31.4 Å². The summed E-state index contributed by atoms with van der Waals surface area (Å²) >= 11 is 0. The van der Waals surface area contributed by atoms with Crippen LogP contribution in [0.5, 0.6) is 0 Å². The van der Waals surface area contributed by atoms with Crippen molar-refractivity contribution in [1.29, 1.82) is 0 Å². The minimum Gasteiger partial charge on any atom is -0.323 e. The van der Waals surface area contributed by atoms with Gasteiger partial charge in [0.05, 0.1) is 0 Å². The lowest BCUT2D eigenvalue weighted by Crippen LogP contribution is -2.48. The molecule has 0 aromatic rings. The number of rotatable bonds is 4. The van der Waals surface area contributed by atoms with E-state index in [1.165, 1.54) is 11.3 Å². The van der Waals surface area contributed by atoms with Crippen molar-refractivity contribution >= 4 is 11.9 Å². The van der Waals surface area contributed by atoms with Crippen LogP contribution in [0.3, 0.4) is 0 Å². The van der Waals surface area contributed by atoms with E-state index in [0.717, 1.165) is 38.6 Å². The van der Waals surface area contributed by atoms with Gasteiger partial charge >= 0.3 is 6.03 Å². The van der Waals surface area contributed by atoms with Crippen LogP contribution in [0.4, 0.5) is 4.79 Å². The molecule has 2 fully saturated rings. The van der Waals surface area contributed by atoms with E-state index in [-0.39, 0.29) is 17.5 Å². The first-order chi connectivity index (χ1) is 9.34. The van der Waals surface area contributed by atoms with Gasteiger partial charge in [-0.15, -0.1) is 0 Å². The Balaban J connectivity index is 1.86. The second-order valence-corrected chi connectivity index (χ2v) is 7.06. The van der Waals surface area contributed by atoms with Crippen molar-refractivity contribution in [2.45, 2.75) is 70.4 Å². The number of carbonyl (C=O) groups is 2. The van der Waals surface area contributed by atoms with Gasteiger partial charge in [-0.05, 0) is 46.6 Å². The highest BCUT2D eigenvalue weighted by Crippen LogP contribution is 2.33. The number of carbonyl (C=O) groups excluding carboxylic acids is 2. The number of nitrogens with zero attached hydrogens (tertiary/aromatic N) is 1. The second-order valence-electron chi connectivity index (χ2n) is 7.06. The van der Waals surface area contributed by atoms with Crippen molar-refractivity contribution in [3.8, 4) is 0 Å². The Kier molecular flexibility index (Phi) is 4.37. The number of amides is 3. The van der Waals surface area contributed by atoms with Crippen molar-refractivity contribution in [2.24, 2.45) is 0 Å². The highest BCUT2D eigenvalue weighted by Gasteiger charge is 2.50. The molecule has 1 heterocycles. The monoisotopic (exact) mass is 281 g/mol. The van der Waals surface area contributed by atoms with E-state index in [1.54, 1.807) is 0 Å². The predicted molar refractivity (Wildman–Crippen MR) is 78.4 cm³/mol. The Morgan fingerprint density at radius 3 is 2.45 bits per heavy atom. The van der Waals surface area contributed by atoms with Gasteiger partial charge in [0.25, 0.3) is 5.91 Å². The highest BCUT2D eigenvalue weighted by atomic mass is 16.2. The molecule has 2 N–H and O–H groups in total. The van der Waals surface area contributed by atoms with Gasteiger partial charge in [-0.3, -0.25) is 9.69 Å². The fourth-order valence-electron chi connectivity index (χ4n) is 3.07. The molecule has 0 unspecified atom stereocenters. The van der Waals surface area contributed by atoms with Gasteiger partial charge in [-0.25, -0.2) is 4.79 Å². The summed E-state index contributed by atoms with van der Waals surface area (Å²) in [4.78, 5) is 25.9. The molecule has 3 amide bonds. The zero-order chi connectivity index (χ0) is 14.8. The van der Waals surface area contributed by atoms with Gasteiger partial charge in [0.15, 0.2) is 0 Å². The predicted octanol–water partition coefficient (Wildman–Crippen LogP) is 2.02. The number of imide groups is 1. The summed E-state index contributed by atoms with van der Waals surface area (Å²) in [5.41, 5.74) is -0.505. The minimum absolute atomic E-state index is 0.00189. The minimum atomic E-state index is -0.577. The second kappa shape index (κ2) is 5.72. The Bertz CT molecular complexity index is 381. The van der Waals surface area contributed by atoms with Crippen LogP contribution >= 0.6 is 0 Å². The first-order valence-corrected chi connectivity index (χ1v) is 7.73. The smallest absolute Gasteiger partial charge is 0.323 e. The summed E-state index contributed by atoms with van der Waals surface area (Å²) in [5, 5.41) is 6.32. The maximum Gasteiger partial charge on any atom is 0.325 e. The summed E-state index contributed by atoms with van der Waals surface area (Å²) in [5.74, 6) is -0.00189. The van der Waals surface area contributed by atoms with Gasteiger partial charge in [-0.1, -0.05) is 19.3 Å². The van der Waals surface area contributed by atoms with E-state index in [4.69, 9.17) is 0 Å². The van der Waals surface area contributed by atoms with Crippen molar-refractivity contribution in [3.05, 3.63) is 0 Å². The summed E-state index contributed by atoms with van der Waals surface area (Å²) in [6, 6.07) is -0.201. The summed E-state index contributed by atoms with van der Waals surface area (Å²) in [7, 11) is 0. The summed E-state index contributed by atoms with van der Waals surface area (Å²) in [6.07, 6.45) is 5.63. The maximum absolute atomic E-state index is 12.5. The molecule has 0 radical (unpaired) electrons. The van der Waals surface area contributed by atoms with Crippen LogP contribution < -0.4 is 10.6 Å². The molecule has 0 aromatic heterocycles. The number of urea groups is 1. The van der Waals surface area contributed by atoms with Crippen LogP contribution in [0.1, 0.15) is 59.3 Å². The third-order valence-electron chi connectivity index (χ3n) is 4.17. The van der Waals surface area contributed by atoms with Gasteiger partial charge in [0.2, 0.25) is 0 Å². The molecule has 1 spiro atoms. The SMILES string of the molecule is CC(C)(C)NCCCN1C(=O)NC2(CCCCC2)C1=O. The molecule has 2 aliphatic rings. The highest BCUT2D eigenvalue weighted by molar-refractivity contribution is 6.07. The van der Waals surface area contributed by atoms with Gasteiger partial charge in [0, 0.05) is 12.1 Å². The molecule has 1 aliphatic heterocycles.